The molecule has 0 bridgehead atoms. The predicted octanol–water partition coefficient (Wildman–Crippen LogP) is 4.76. The summed E-state index contributed by atoms with van der Waals surface area (Å²) in [6.07, 6.45) is 8.08. The molecule has 0 unspecified atom stereocenters. The Morgan fingerprint density at radius 2 is 1.78 bits per heavy atom. The monoisotopic (exact) mass is 449 g/mol. The zero-order chi connectivity index (χ0) is 22.8. The smallest absolute Gasteiger partial charge is 0.187 e. The fourth-order valence-electron chi connectivity index (χ4n) is 5.23. The maximum atomic E-state index is 4.88. The Balaban J connectivity index is 1.48. The van der Waals surface area contributed by atoms with Gasteiger partial charge in [0.25, 0.3) is 0 Å². The molecule has 5 heterocycles. The van der Waals surface area contributed by atoms with Gasteiger partial charge in [-0.1, -0.05) is 11.3 Å². The maximum absolute atomic E-state index is 4.88. The van der Waals surface area contributed by atoms with Gasteiger partial charge in [0.15, 0.2) is 11.0 Å². The highest BCUT2D eigenvalue weighted by molar-refractivity contribution is 7.21. The first-order chi connectivity index (χ1) is 15.0. The molecule has 4 aromatic rings. The molecule has 1 fully saturated rings. The van der Waals surface area contributed by atoms with E-state index in [0.717, 1.165) is 56.6 Å². The number of piperidine rings is 1. The molecule has 4 aromatic heterocycles. The second-order valence-electron chi connectivity index (χ2n) is 10.5. The lowest BCUT2D eigenvalue weighted by Crippen LogP contribution is -2.61. The summed E-state index contributed by atoms with van der Waals surface area (Å²) in [5.41, 5.74) is 5.10. The van der Waals surface area contributed by atoms with E-state index in [0.29, 0.717) is 6.04 Å². The minimum atomic E-state index is 0.0898. The molecule has 0 aromatic carbocycles. The van der Waals surface area contributed by atoms with Crippen LogP contribution in [0.5, 0.6) is 0 Å². The van der Waals surface area contributed by atoms with E-state index >= 15 is 0 Å². The molecule has 0 spiro atoms. The summed E-state index contributed by atoms with van der Waals surface area (Å²) >= 11 is 1.64. The topological polar surface area (TPSA) is 71.2 Å². The highest BCUT2D eigenvalue weighted by Crippen LogP contribution is 2.36. The minimum absolute atomic E-state index is 0.0898. The van der Waals surface area contributed by atoms with Gasteiger partial charge >= 0.3 is 0 Å². The summed E-state index contributed by atoms with van der Waals surface area (Å²) in [6, 6.07) is 2.53. The molecule has 0 saturated carbocycles. The van der Waals surface area contributed by atoms with Gasteiger partial charge in [-0.2, -0.15) is 0 Å². The second kappa shape index (κ2) is 7.22. The van der Waals surface area contributed by atoms with Crippen LogP contribution in [0.1, 0.15) is 51.8 Å². The lowest BCUT2D eigenvalue weighted by atomic mass is 9.79. The van der Waals surface area contributed by atoms with Crippen LogP contribution in [0.25, 0.3) is 27.4 Å². The molecular weight excluding hydrogens is 418 g/mol. The Hall–Kier alpha value is -2.58. The molecule has 5 rings (SSSR count). The van der Waals surface area contributed by atoms with E-state index in [1.54, 1.807) is 11.3 Å². The van der Waals surface area contributed by atoms with E-state index in [-0.39, 0.29) is 11.1 Å². The number of anilines is 1. The second-order valence-corrected chi connectivity index (χ2v) is 11.4. The number of aromatic nitrogens is 5. The SMILES string of the molecule is Cc1cn2cc(-c3ncc4nc(N(C)C5CC(C)(C)NC(C)(C)C5)sc4n3)cc(C)c2n1. The standard InChI is InChI=1S/C24H31N7S/c1-14-8-16(13-31-12-15(2)26-20(14)31)19-25-11-18-21(28-19)32-22(27-18)30(7)17-9-23(3,4)29-24(5,6)10-17/h8,11-13,17,29H,9-10H2,1-7H3. The van der Waals surface area contributed by atoms with Crippen LogP contribution in [0.2, 0.25) is 0 Å². The number of pyridine rings is 1. The normalized spacial score (nSPS) is 18.5. The average Bonchev–Trinajstić information content (AvgIpc) is 3.27. The molecule has 168 valence electrons. The van der Waals surface area contributed by atoms with Gasteiger partial charge in [0, 0.05) is 42.1 Å². The molecule has 1 N–H and O–H groups in total. The minimum Gasteiger partial charge on any atom is -0.348 e. The highest BCUT2D eigenvalue weighted by atomic mass is 32.1. The van der Waals surface area contributed by atoms with Crippen molar-refractivity contribution in [2.45, 2.75) is 71.5 Å². The summed E-state index contributed by atoms with van der Waals surface area (Å²) in [5, 5.41) is 4.77. The highest BCUT2D eigenvalue weighted by Gasteiger charge is 2.39. The van der Waals surface area contributed by atoms with Crippen molar-refractivity contribution in [1.82, 2.24) is 29.7 Å². The van der Waals surface area contributed by atoms with Gasteiger partial charge in [-0.15, -0.1) is 0 Å². The summed E-state index contributed by atoms with van der Waals surface area (Å²) in [6.45, 7) is 13.2. The van der Waals surface area contributed by atoms with Crippen molar-refractivity contribution in [3.8, 4) is 11.4 Å². The number of hydrogen-bond donors (Lipinski definition) is 1. The third-order valence-corrected chi connectivity index (χ3v) is 7.33. The fourth-order valence-corrected chi connectivity index (χ4v) is 6.17. The summed E-state index contributed by atoms with van der Waals surface area (Å²) in [4.78, 5) is 22.2. The van der Waals surface area contributed by atoms with Crippen LogP contribution in [0.3, 0.4) is 0 Å². The lowest BCUT2D eigenvalue weighted by Gasteiger charge is -2.48. The van der Waals surface area contributed by atoms with E-state index in [9.17, 15) is 0 Å². The third-order valence-electron chi connectivity index (χ3n) is 6.27. The number of thiazole rings is 1. The maximum Gasteiger partial charge on any atom is 0.187 e. The van der Waals surface area contributed by atoms with Crippen LogP contribution in [0.15, 0.2) is 24.7 Å². The van der Waals surface area contributed by atoms with Crippen molar-refractivity contribution >= 4 is 32.5 Å². The number of hydrogen-bond acceptors (Lipinski definition) is 7. The molecule has 0 radical (unpaired) electrons. The van der Waals surface area contributed by atoms with Crippen molar-refractivity contribution in [3.05, 3.63) is 35.9 Å². The fraction of sp³-hybridized carbons (Fsp3) is 0.500. The van der Waals surface area contributed by atoms with Crippen LogP contribution in [-0.2, 0) is 0 Å². The number of imidazole rings is 1. The van der Waals surface area contributed by atoms with Gasteiger partial charge in [0.05, 0.1) is 11.9 Å². The molecular formula is C24H31N7S. The number of fused-ring (bicyclic) bond motifs is 2. The molecule has 7 nitrogen and oxygen atoms in total. The van der Waals surface area contributed by atoms with Gasteiger partial charge in [-0.05, 0) is 66.0 Å². The number of rotatable bonds is 3. The lowest BCUT2D eigenvalue weighted by molar-refractivity contribution is 0.161. The average molecular weight is 450 g/mol. The van der Waals surface area contributed by atoms with E-state index in [4.69, 9.17) is 9.97 Å². The van der Waals surface area contributed by atoms with E-state index < -0.39 is 0 Å². The van der Waals surface area contributed by atoms with E-state index in [1.807, 2.05) is 19.3 Å². The molecule has 1 aliphatic rings. The first-order valence-corrected chi connectivity index (χ1v) is 11.9. The Kier molecular flexibility index (Phi) is 4.80. The first-order valence-electron chi connectivity index (χ1n) is 11.1. The van der Waals surface area contributed by atoms with Gasteiger partial charge in [-0.25, -0.2) is 19.9 Å². The van der Waals surface area contributed by atoms with Crippen LogP contribution in [0.4, 0.5) is 5.13 Å². The Bertz CT molecular complexity index is 1300. The van der Waals surface area contributed by atoms with Crippen molar-refractivity contribution in [3.63, 3.8) is 0 Å². The van der Waals surface area contributed by atoms with Gasteiger partial charge < -0.3 is 14.6 Å². The summed E-state index contributed by atoms with van der Waals surface area (Å²) in [7, 11) is 2.16. The molecule has 0 atom stereocenters. The van der Waals surface area contributed by atoms with Gasteiger partial charge in [-0.3, -0.25) is 0 Å². The summed E-state index contributed by atoms with van der Waals surface area (Å²) < 4.78 is 2.06. The van der Waals surface area contributed by atoms with E-state index in [1.165, 1.54) is 0 Å². The molecule has 0 amide bonds. The molecule has 1 saturated heterocycles. The van der Waals surface area contributed by atoms with Crippen LogP contribution in [0, 0.1) is 13.8 Å². The molecule has 8 heteroatoms. The van der Waals surface area contributed by atoms with Crippen molar-refractivity contribution < 1.29 is 0 Å². The number of nitrogens with one attached hydrogen (secondary N) is 1. The Labute approximate surface area is 192 Å². The molecule has 1 aliphatic heterocycles. The first kappa shape index (κ1) is 21.3. The van der Waals surface area contributed by atoms with Crippen LogP contribution < -0.4 is 10.2 Å². The van der Waals surface area contributed by atoms with Crippen LogP contribution in [-0.4, -0.2) is 48.5 Å². The number of nitrogens with zero attached hydrogens (tertiary/aromatic N) is 6. The summed E-state index contributed by atoms with van der Waals surface area (Å²) in [5.74, 6) is 0.718. The van der Waals surface area contributed by atoms with Crippen LogP contribution >= 0.6 is 11.3 Å². The Morgan fingerprint density at radius 1 is 1.06 bits per heavy atom. The predicted molar refractivity (Wildman–Crippen MR) is 132 cm³/mol. The van der Waals surface area contributed by atoms with Crippen molar-refractivity contribution in [2.75, 3.05) is 11.9 Å². The molecule has 32 heavy (non-hydrogen) atoms. The third kappa shape index (κ3) is 3.86. The molecule has 0 aliphatic carbocycles. The van der Waals surface area contributed by atoms with E-state index in [2.05, 4.69) is 78.5 Å². The largest absolute Gasteiger partial charge is 0.348 e. The number of aryl methyl sites for hydroxylation is 2. The van der Waals surface area contributed by atoms with Crippen molar-refractivity contribution in [2.24, 2.45) is 0 Å². The van der Waals surface area contributed by atoms with Gasteiger partial charge in [0.1, 0.15) is 16.0 Å². The van der Waals surface area contributed by atoms with Crippen molar-refractivity contribution in [1.29, 1.82) is 0 Å². The quantitative estimate of drug-likeness (QED) is 0.486. The zero-order valence-corrected chi connectivity index (χ0v) is 20.7. The Morgan fingerprint density at radius 3 is 2.50 bits per heavy atom. The van der Waals surface area contributed by atoms with Gasteiger partial charge in [0.2, 0.25) is 0 Å². The zero-order valence-electron chi connectivity index (χ0n) is 19.9.